The van der Waals surface area contributed by atoms with Gasteiger partial charge in [0.25, 0.3) is 0 Å². The van der Waals surface area contributed by atoms with Crippen LogP contribution in [0.4, 0.5) is 0 Å². The predicted molar refractivity (Wildman–Crippen MR) is 246 cm³/mol. The highest BCUT2D eigenvalue weighted by Gasteiger charge is 2.50. The zero-order chi connectivity index (χ0) is 39.6. The van der Waals surface area contributed by atoms with Gasteiger partial charge in [0.1, 0.15) is 0 Å². The molecular formula is C56H35N3S. The van der Waals surface area contributed by atoms with Crippen molar-refractivity contribution in [2.24, 2.45) is 0 Å². The van der Waals surface area contributed by atoms with Gasteiger partial charge in [0, 0.05) is 38.1 Å². The molecule has 1 aliphatic carbocycles. The van der Waals surface area contributed by atoms with E-state index in [1.54, 1.807) is 0 Å². The summed E-state index contributed by atoms with van der Waals surface area (Å²) in [5.41, 5.74) is 18.0. The van der Waals surface area contributed by atoms with Crippen LogP contribution in [0, 0.1) is 0 Å². The summed E-state index contributed by atoms with van der Waals surface area (Å²) < 4.78 is 0. The Morgan fingerprint density at radius 3 is 1.60 bits per heavy atom. The summed E-state index contributed by atoms with van der Waals surface area (Å²) in [6.45, 7) is 0. The van der Waals surface area contributed by atoms with E-state index in [-0.39, 0.29) is 0 Å². The van der Waals surface area contributed by atoms with E-state index >= 15 is 0 Å². The van der Waals surface area contributed by atoms with Crippen LogP contribution in [-0.2, 0) is 5.41 Å². The van der Waals surface area contributed by atoms with Gasteiger partial charge in [0.15, 0.2) is 5.82 Å². The maximum Gasteiger partial charge on any atom is 0.160 e. The zero-order valence-corrected chi connectivity index (χ0v) is 33.3. The zero-order valence-electron chi connectivity index (χ0n) is 32.5. The number of aromatic nitrogens is 3. The van der Waals surface area contributed by atoms with Crippen molar-refractivity contribution in [3.63, 3.8) is 0 Å². The van der Waals surface area contributed by atoms with Crippen LogP contribution in [0.15, 0.2) is 222 Å². The fraction of sp³-hybridized carbons (Fsp3) is 0.0179. The topological polar surface area (TPSA) is 38.7 Å². The Morgan fingerprint density at radius 1 is 0.350 bits per heavy atom. The molecule has 60 heavy (non-hydrogen) atoms. The van der Waals surface area contributed by atoms with Gasteiger partial charge in [-0.2, -0.15) is 0 Å². The van der Waals surface area contributed by atoms with Gasteiger partial charge in [0.2, 0.25) is 0 Å². The second-order valence-corrected chi connectivity index (χ2v) is 16.6. The summed E-state index contributed by atoms with van der Waals surface area (Å²) in [5.74, 6) is 0.713. The van der Waals surface area contributed by atoms with E-state index in [9.17, 15) is 0 Å². The highest BCUT2D eigenvalue weighted by Crippen LogP contribution is 2.62. The smallest absolute Gasteiger partial charge is 0.160 e. The molecule has 0 atom stereocenters. The molecule has 0 amide bonds. The molecular weight excluding hydrogens is 747 g/mol. The van der Waals surface area contributed by atoms with Gasteiger partial charge in [-0.15, -0.1) is 0 Å². The van der Waals surface area contributed by atoms with Gasteiger partial charge in [-0.3, -0.25) is 4.98 Å². The van der Waals surface area contributed by atoms with Crippen LogP contribution >= 0.6 is 11.8 Å². The average Bonchev–Trinajstić information content (AvgIpc) is 3.62. The van der Waals surface area contributed by atoms with Crippen molar-refractivity contribution in [2.45, 2.75) is 15.2 Å². The molecule has 0 radical (unpaired) electrons. The minimum atomic E-state index is -0.484. The number of fused-ring (bicyclic) bond motifs is 10. The Morgan fingerprint density at radius 2 is 0.900 bits per heavy atom. The van der Waals surface area contributed by atoms with Gasteiger partial charge in [-0.05, 0) is 86.0 Å². The number of pyridine rings is 1. The van der Waals surface area contributed by atoms with Crippen LogP contribution in [0.3, 0.4) is 0 Å². The highest BCUT2D eigenvalue weighted by molar-refractivity contribution is 7.99. The van der Waals surface area contributed by atoms with Crippen molar-refractivity contribution >= 4 is 22.7 Å². The third-order valence-corrected chi connectivity index (χ3v) is 13.4. The molecule has 4 heteroatoms. The lowest BCUT2D eigenvalue weighted by Crippen LogP contribution is -2.32. The van der Waals surface area contributed by atoms with E-state index in [4.69, 9.17) is 9.97 Å². The molecule has 8 aromatic carbocycles. The number of nitrogens with zero attached hydrogens (tertiary/aromatic N) is 3. The first-order chi connectivity index (χ1) is 29.7. The van der Waals surface area contributed by atoms with Crippen molar-refractivity contribution < 1.29 is 0 Å². The van der Waals surface area contributed by atoms with Crippen LogP contribution in [-0.4, -0.2) is 15.0 Å². The molecule has 12 rings (SSSR count). The van der Waals surface area contributed by atoms with E-state index in [1.165, 1.54) is 65.4 Å². The molecule has 0 bridgehead atoms. The molecule has 2 aromatic heterocycles. The molecule has 1 aliphatic heterocycles. The molecule has 3 heterocycles. The van der Waals surface area contributed by atoms with Crippen LogP contribution in [0.2, 0.25) is 0 Å². The first-order valence-corrected chi connectivity index (χ1v) is 21.2. The van der Waals surface area contributed by atoms with E-state index in [2.05, 4.69) is 181 Å². The van der Waals surface area contributed by atoms with Gasteiger partial charge in [-0.1, -0.05) is 188 Å². The number of rotatable bonds is 5. The lowest BCUT2D eigenvalue weighted by Gasteiger charge is -2.40. The molecule has 10 aromatic rings. The van der Waals surface area contributed by atoms with Crippen molar-refractivity contribution in [1.29, 1.82) is 0 Å². The molecule has 0 fully saturated rings. The lowest BCUT2D eigenvalue weighted by molar-refractivity contribution is 0.723. The summed E-state index contributed by atoms with van der Waals surface area (Å²) >= 11 is 1.86. The van der Waals surface area contributed by atoms with Crippen molar-refractivity contribution in [3.05, 3.63) is 235 Å². The third kappa shape index (κ3) is 5.42. The molecule has 1 spiro atoms. The van der Waals surface area contributed by atoms with E-state index < -0.39 is 5.41 Å². The van der Waals surface area contributed by atoms with Gasteiger partial charge < -0.3 is 0 Å². The summed E-state index contributed by atoms with van der Waals surface area (Å²) in [6, 6.07) is 74.4. The standard InChI is InChI=1S/C56H35N3S/c1-3-13-38(14-4-1)51-35-52(59-55(58-51)39-15-5-2-6-16-39)41-29-31-49-54(34-41)60-53-33-40(36-24-26-37(27-25-36)42-19-11-23-50-45(42)20-12-32-57-50)28-30-48(53)56(49)46-21-9-7-17-43(46)44-18-8-10-22-47(44)56/h1-35H. The molecule has 0 unspecified atom stereocenters. The van der Waals surface area contributed by atoms with Crippen molar-refractivity contribution in [2.75, 3.05) is 0 Å². The minimum absolute atomic E-state index is 0.484. The van der Waals surface area contributed by atoms with Gasteiger partial charge >= 0.3 is 0 Å². The largest absolute Gasteiger partial charge is 0.256 e. The highest BCUT2D eigenvalue weighted by atomic mass is 32.2. The summed E-state index contributed by atoms with van der Waals surface area (Å²) in [4.78, 5) is 17.4. The Labute approximate surface area is 353 Å². The van der Waals surface area contributed by atoms with Gasteiger partial charge in [-0.25, -0.2) is 9.97 Å². The molecule has 0 N–H and O–H groups in total. The number of benzene rings is 8. The van der Waals surface area contributed by atoms with Crippen LogP contribution in [0.25, 0.3) is 78.2 Å². The van der Waals surface area contributed by atoms with E-state index in [1.807, 2.05) is 48.3 Å². The Kier molecular flexibility index (Phi) is 8.00. The fourth-order valence-corrected chi connectivity index (χ4v) is 10.8. The number of hydrogen-bond donors (Lipinski definition) is 0. The predicted octanol–water partition coefficient (Wildman–Crippen LogP) is 14.2. The maximum absolute atomic E-state index is 5.23. The third-order valence-electron chi connectivity index (χ3n) is 12.2. The monoisotopic (exact) mass is 781 g/mol. The SMILES string of the molecule is c1ccc(-c2cc(-c3ccc4c(c3)Sc3cc(-c5ccc(-c6cccc7ncccc67)cc5)ccc3C43c4ccccc4-c4ccccc43)nc(-c3ccccc3)n2)cc1. The summed E-state index contributed by atoms with van der Waals surface area (Å²) in [7, 11) is 0. The molecule has 0 saturated heterocycles. The van der Waals surface area contributed by atoms with Crippen molar-refractivity contribution in [3.8, 4) is 67.3 Å². The Bertz CT molecular complexity index is 3180. The first kappa shape index (κ1) is 34.6. The number of hydrogen-bond acceptors (Lipinski definition) is 4. The van der Waals surface area contributed by atoms with Crippen molar-refractivity contribution in [1.82, 2.24) is 15.0 Å². The van der Waals surface area contributed by atoms with Gasteiger partial charge in [0.05, 0.1) is 22.3 Å². The molecule has 0 saturated carbocycles. The lowest BCUT2D eigenvalue weighted by atomic mass is 9.67. The second kappa shape index (κ2) is 13.9. The van der Waals surface area contributed by atoms with E-state index in [0.29, 0.717) is 5.82 Å². The average molecular weight is 782 g/mol. The normalized spacial score (nSPS) is 13.1. The summed E-state index contributed by atoms with van der Waals surface area (Å²) in [5, 5.41) is 1.16. The summed E-state index contributed by atoms with van der Waals surface area (Å²) in [6.07, 6.45) is 1.86. The molecule has 280 valence electrons. The Hall–Kier alpha value is -7.40. The molecule has 2 aliphatic rings. The maximum atomic E-state index is 5.23. The van der Waals surface area contributed by atoms with Crippen LogP contribution in [0.1, 0.15) is 22.3 Å². The molecule has 3 nitrogen and oxygen atoms in total. The first-order valence-electron chi connectivity index (χ1n) is 20.3. The quantitative estimate of drug-likeness (QED) is 0.174. The minimum Gasteiger partial charge on any atom is -0.256 e. The second-order valence-electron chi connectivity index (χ2n) is 15.5. The van der Waals surface area contributed by atoms with E-state index in [0.717, 1.165) is 39.0 Å². The van der Waals surface area contributed by atoms with Crippen LogP contribution < -0.4 is 0 Å². The fourth-order valence-electron chi connectivity index (χ4n) is 9.52. The van der Waals surface area contributed by atoms with Crippen LogP contribution in [0.5, 0.6) is 0 Å². The Balaban J connectivity index is 1.03.